The molecule has 2 N–H and O–H groups in total. The van der Waals surface area contributed by atoms with E-state index in [9.17, 15) is 0 Å². The highest BCUT2D eigenvalue weighted by Gasteiger charge is 2.01. The zero-order valence-electron chi connectivity index (χ0n) is 14.4. The Balaban J connectivity index is 0.00000288. The van der Waals surface area contributed by atoms with Crippen molar-refractivity contribution in [2.75, 3.05) is 19.6 Å². The van der Waals surface area contributed by atoms with Gasteiger partial charge in [-0.3, -0.25) is 4.99 Å². The van der Waals surface area contributed by atoms with Crippen LogP contribution in [-0.2, 0) is 19.3 Å². The molecule has 0 unspecified atom stereocenters. The topological polar surface area (TPSA) is 49.3 Å². The molecular formula is C18H27IN4S. The maximum absolute atomic E-state index is 4.63. The third-order valence-corrected chi connectivity index (χ3v) is 4.47. The van der Waals surface area contributed by atoms with Gasteiger partial charge in [0.1, 0.15) is 0 Å². The Labute approximate surface area is 166 Å². The van der Waals surface area contributed by atoms with Gasteiger partial charge < -0.3 is 10.6 Å². The van der Waals surface area contributed by atoms with E-state index in [1.807, 2.05) is 6.07 Å². The van der Waals surface area contributed by atoms with Gasteiger partial charge in [0.25, 0.3) is 0 Å². The standard InChI is InChI=1S/C18H26N4S.HI/c1-3-17-22-16(14-23-17)11-13-21-18(19-4-2)20-12-10-15-8-6-5-7-9-15;/h5-9,14H,3-4,10-13H2,1-2H3,(H2,19,20,21);1H. The van der Waals surface area contributed by atoms with Gasteiger partial charge in [-0.15, -0.1) is 35.3 Å². The predicted molar refractivity (Wildman–Crippen MR) is 115 cm³/mol. The number of aliphatic imine (C=N–C) groups is 1. The van der Waals surface area contributed by atoms with Crippen LogP contribution in [0.5, 0.6) is 0 Å². The quantitative estimate of drug-likeness (QED) is 0.361. The van der Waals surface area contributed by atoms with E-state index in [1.165, 1.54) is 10.6 Å². The number of hydrogen-bond acceptors (Lipinski definition) is 3. The molecule has 1 aromatic carbocycles. The van der Waals surface area contributed by atoms with Gasteiger partial charge in [-0.05, 0) is 25.3 Å². The third-order valence-electron chi connectivity index (χ3n) is 3.43. The smallest absolute Gasteiger partial charge is 0.191 e. The number of hydrogen-bond donors (Lipinski definition) is 2. The molecule has 2 aromatic rings. The fourth-order valence-corrected chi connectivity index (χ4v) is 3.00. The lowest BCUT2D eigenvalue weighted by Crippen LogP contribution is -2.38. The first kappa shape index (κ1) is 20.9. The van der Waals surface area contributed by atoms with Crippen LogP contribution in [0.2, 0.25) is 0 Å². The molecule has 1 heterocycles. The number of nitrogens with one attached hydrogen (secondary N) is 2. The van der Waals surface area contributed by atoms with Gasteiger partial charge in [-0.25, -0.2) is 4.98 Å². The van der Waals surface area contributed by atoms with E-state index < -0.39 is 0 Å². The first-order valence-corrected chi connectivity index (χ1v) is 9.19. The molecule has 0 radical (unpaired) electrons. The van der Waals surface area contributed by atoms with Gasteiger partial charge in [0.2, 0.25) is 0 Å². The van der Waals surface area contributed by atoms with Crippen LogP contribution < -0.4 is 10.6 Å². The summed E-state index contributed by atoms with van der Waals surface area (Å²) in [6.45, 7) is 6.73. The van der Waals surface area contributed by atoms with Crippen molar-refractivity contribution in [3.63, 3.8) is 0 Å². The first-order chi connectivity index (χ1) is 11.3. The SMILES string of the molecule is CCNC(=NCCc1csc(CC)n1)NCCc1ccccc1.I. The minimum absolute atomic E-state index is 0. The minimum Gasteiger partial charge on any atom is -0.357 e. The number of halogens is 1. The number of rotatable bonds is 8. The second-order valence-electron chi connectivity index (χ2n) is 5.26. The Morgan fingerprint density at radius 1 is 1.12 bits per heavy atom. The summed E-state index contributed by atoms with van der Waals surface area (Å²) in [5, 5.41) is 10.0. The molecule has 2 rings (SSSR count). The number of aryl methyl sites for hydroxylation is 1. The second-order valence-corrected chi connectivity index (χ2v) is 6.20. The van der Waals surface area contributed by atoms with Crippen LogP contribution in [0.15, 0.2) is 40.7 Å². The van der Waals surface area contributed by atoms with Crippen molar-refractivity contribution < 1.29 is 0 Å². The summed E-state index contributed by atoms with van der Waals surface area (Å²) in [4.78, 5) is 9.22. The number of guanidine groups is 1. The first-order valence-electron chi connectivity index (χ1n) is 8.31. The van der Waals surface area contributed by atoms with Crippen molar-refractivity contribution in [1.82, 2.24) is 15.6 Å². The van der Waals surface area contributed by atoms with E-state index in [-0.39, 0.29) is 24.0 Å². The van der Waals surface area contributed by atoms with Crippen molar-refractivity contribution in [2.24, 2.45) is 4.99 Å². The normalized spacial score (nSPS) is 11.0. The molecule has 0 aliphatic rings. The third kappa shape index (κ3) is 7.61. The van der Waals surface area contributed by atoms with E-state index in [2.05, 4.69) is 64.1 Å². The van der Waals surface area contributed by atoms with Crippen molar-refractivity contribution in [3.8, 4) is 0 Å². The minimum atomic E-state index is 0. The highest BCUT2D eigenvalue weighted by Crippen LogP contribution is 2.10. The summed E-state index contributed by atoms with van der Waals surface area (Å²) >= 11 is 1.74. The highest BCUT2D eigenvalue weighted by atomic mass is 127. The maximum atomic E-state index is 4.63. The van der Waals surface area contributed by atoms with Gasteiger partial charge in [-0.1, -0.05) is 37.3 Å². The predicted octanol–water partition coefficient (Wildman–Crippen LogP) is 3.66. The van der Waals surface area contributed by atoms with Crippen molar-refractivity contribution in [1.29, 1.82) is 0 Å². The molecule has 24 heavy (non-hydrogen) atoms. The van der Waals surface area contributed by atoms with E-state index >= 15 is 0 Å². The Hall–Kier alpha value is -1.15. The van der Waals surface area contributed by atoms with Gasteiger partial charge in [0.15, 0.2) is 5.96 Å². The van der Waals surface area contributed by atoms with E-state index in [1.54, 1.807) is 11.3 Å². The molecule has 0 saturated heterocycles. The Kier molecular flexibility index (Phi) is 10.7. The fourth-order valence-electron chi connectivity index (χ4n) is 2.22. The summed E-state index contributed by atoms with van der Waals surface area (Å²) < 4.78 is 0. The summed E-state index contributed by atoms with van der Waals surface area (Å²) in [5.41, 5.74) is 2.49. The molecular weight excluding hydrogens is 431 g/mol. The summed E-state index contributed by atoms with van der Waals surface area (Å²) in [7, 11) is 0. The zero-order chi connectivity index (χ0) is 16.3. The molecule has 0 atom stereocenters. The number of thiazole rings is 1. The van der Waals surface area contributed by atoms with Gasteiger partial charge in [0, 0.05) is 31.4 Å². The van der Waals surface area contributed by atoms with Crippen LogP contribution in [0, 0.1) is 0 Å². The number of benzene rings is 1. The molecule has 4 nitrogen and oxygen atoms in total. The average molecular weight is 458 g/mol. The molecule has 0 fully saturated rings. The number of aromatic nitrogens is 1. The Morgan fingerprint density at radius 3 is 2.58 bits per heavy atom. The summed E-state index contributed by atoms with van der Waals surface area (Å²) in [6, 6.07) is 10.5. The Bertz CT molecular complexity index is 598. The largest absolute Gasteiger partial charge is 0.357 e. The van der Waals surface area contributed by atoms with Crippen LogP contribution in [0.3, 0.4) is 0 Å². The monoisotopic (exact) mass is 458 g/mol. The van der Waals surface area contributed by atoms with Gasteiger partial charge in [-0.2, -0.15) is 0 Å². The lowest BCUT2D eigenvalue weighted by atomic mass is 10.1. The van der Waals surface area contributed by atoms with Crippen LogP contribution >= 0.6 is 35.3 Å². The lowest BCUT2D eigenvalue weighted by molar-refractivity contribution is 0.794. The fraction of sp³-hybridized carbons (Fsp3) is 0.444. The van der Waals surface area contributed by atoms with Crippen LogP contribution in [-0.4, -0.2) is 30.6 Å². The molecule has 6 heteroatoms. The molecule has 0 saturated carbocycles. The van der Waals surface area contributed by atoms with Crippen LogP contribution in [0.4, 0.5) is 0 Å². The lowest BCUT2D eigenvalue weighted by Gasteiger charge is -2.11. The summed E-state index contributed by atoms with van der Waals surface area (Å²) in [6.07, 6.45) is 2.90. The summed E-state index contributed by atoms with van der Waals surface area (Å²) in [5.74, 6) is 0.884. The molecule has 0 spiro atoms. The van der Waals surface area contributed by atoms with Crippen LogP contribution in [0.25, 0.3) is 0 Å². The highest BCUT2D eigenvalue weighted by molar-refractivity contribution is 14.0. The molecule has 0 aliphatic heterocycles. The van der Waals surface area contributed by atoms with Crippen molar-refractivity contribution in [3.05, 3.63) is 52.0 Å². The van der Waals surface area contributed by atoms with Crippen molar-refractivity contribution >= 4 is 41.3 Å². The molecule has 132 valence electrons. The van der Waals surface area contributed by atoms with Gasteiger partial charge >= 0.3 is 0 Å². The van der Waals surface area contributed by atoms with E-state index in [4.69, 9.17) is 0 Å². The van der Waals surface area contributed by atoms with Crippen molar-refractivity contribution in [2.45, 2.75) is 33.1 Å². The van der Waals surface area contributed by atoms with E-state index in [0.717, 1.165) is 50.6 Å². The van der Waals surface area contributed by atoms with Gasteiger partial charge in [0.05, 0.1) is 10.7 Å². The molecule has 0 aliphatic carbocycles. The van der Waals surface area contributed by atoms with Crippen LogP contribution in [0.1, 0.15) is 30.1 Å². The molecule has 0 bridgehead atoms. The molecule has 1 aromatic heterocycles. The second kappa shape index (κ2) is 12.2. The van der Waals surface area contributed by atoms with E-state index in [0.29, 0.717) is 0 Å². The molecule has 0 amide bonds. The Morgan fingerprint density at radius 2 is 1.92 bits per heavy atom. The maximum Gasteiger partial charge on any atom is 0.191 e. The zero-order valence-corrected chi connectivity index (χ0v) is 17.6. The average Bonchev–Trinajstić information content (AvgIpc) is 3.04. The number of nitrogens with zero attached hydrogens (tertiary/aromatic N) is 2.